The normalized spacial score (nSPS) is 33.1. The minimum Gasteiger partial charge on any atom is -0.390 e. The van der Waals surface area contributed by atoms with Crippen LogP contribution >= 0.6 is 0 Å². The van der Waals surface area contributed by atoms with Crippen molar-refractivity contribution in [2.75, 3.05) is 0 Å². The molecule has 0 aromatic heterocycles. The van der Waals surface area contributed by atoms with Crippen molar-refractivity contribution in [1.29, 1.82) is 0 Å². The van der Waals surface area contributed by atoms with Gasteiger partial charge in [0.05, 0.1) is 11.7 Å². The number of rotatable bonds is 3. The zero-order chi connectivity index (χ0) is 13.9. The van der Waals surface area contributed by atoms with Crippen molar-refractivity contribution in [2.45, 2.75) is 58.7 Å². The number of carbonyl (C=O) groups is 1. The lowest BCUT2D eigenvalue weighted by molar-refractivity contribution is -0.110. The van der Waals surface area contributed by atoms with E-state index in [1.807, 2.05) is 20.8 Å². The fourth-order valence-corrected chi connectivity index (χ4v) is 2.36. The molecule has 102 valence electrons. The molecule has 0 heterocycles. The van der Waals surface area contributed by atoms with Crippen molar-refractivity contribution < 1.29 is 15.0 Å². The van der Waals surface area contributed by atoms with Crippen LogP contribution in [0.3, 0.4) is 0 Å². The van der Waals surface area contributed by atoms with Crippen molar-refractivity contribution in [2.24, 2.45) is 5.92 Å². The second-order valence-electron chi connectivity index (χ2n) is 5.86. The molecular weight excluding hydrogens is 228 g/mol. The van der Waals surface area contributed by atoms with Crippen molar-refractivity contribution in [3.8, 4) is 0 Å². The number of aliphatic hydroxyl groups is 2. The Morgan fingerprint density at radius 3 is 2.39 bits per heavy atom. The molecule has 3 heteroatoms. The Morgan fingerprint density at radius 2 is 1.89 bits per heavy atom. The average Bonchev–Trinajstić information content (AvgIpc) is 2.20. The first kappa shape index (κ1) is 15.1. The predicted molar refractivity (Wildman–Crippen MR) is 72.2 cm³/mol. The Bertz CT molecular complexity index is 373. The second-order valence-corrected chi connectivity index (χ2v) is 5.86. The van der Waals surface area contributed by atoms with Crippen LogP contribution in [-0.4, -0.2) is 27.7 Å². The Balaban J connectivity index is 2.69. The largest absolute Gasteiger partial charge is 0.390 e. The fraction of sp³-hybridized carbons (Fsp3) is 0.667. The van der Waals surface area contributed by atoms with Crippen LogP contribution in [0.5, 0.6) is 0 Å². The van der Waals surface area contributed by atoms with Gasteiger partial charge in [0, 0.05) is 0 Å². The highest BCUT2D eigenvalue weighted by atomic mass is 16.3. The van der Waals surface area contributed by atoms with Gasteiger partial charge in [-0.2, -0.15) is 0 Å². The van der Waals surface area contributed by atoms with Crippen LogP contribution in [0.2, 0.25) is 0 Å². The number of hydrogen-bond acceptors (Lipinski definition) is 3. The molecule has 1 saturated carbocycles. The number of aliphatic hydroxyl groups excluding tert-OH is 1. The van der Waals surface area contributed by atoms with Gasteiger partial charge in [0.25, 0.3) is 0 Å². The van der Waals surface area contributed by atoms with Gasteiger partial charge in [-0.3, -0.25) is 4.79 Å². The maximum Gasteiger partial charge on any atom is 0.178 e. The minimum absolute atomic E-state index is 0.000626. The third kappa shape index (κ3) is 4.07. The topological polar surface area (TPSA) is 57.5 Å². The lowest BCUT2D eigenvalue weighted by Gasteiger charge is -2.38. The van der Waals surface area contributed by atoms with E-state index >= 15 is 0 Å². The van der Waals surface area contributed by atoms with Gasteiger partial charge in [-0.1, -0.05) is 11.1 Å². The highest BCUT2D eigenvalue weighted by Gasteiger charge is 2.37. The maximum absolute atomic E-state index is 11.7. The van der Waals surface area contributed by atoms with Crippen molar-refractivity contribution >= 4 is 5.78 Å². The Kier molecular flexibility index (Phi) is 4.88. The molecule has 0 bridgehead atoms. The molecule has 0 radical (unpaired) electrons. The van der Waals surface area contributed by atoms with Gasteiger partial charge in [0.2, 0.25) is 0 Å². The van der Waals surface area contributed by atoms with E-state index in [9.17, 15) is 15.0 Å². The van der Waals surface area contributed by atoms with Crippen LogP contribution in [0.4, 0.5) is 0 Å². The maximum atomic E-state index is 11.7. The van der Waals surface area contributed by atoms with Gasteiger partial charge in [0.1, 0.15) is 0 Å². The summed E-state index contributed by atoms with van der Waals surface area (Å²) in [7, 11) is 0. The molecule has 18 heavy (non-hydrogen) atoms. The minimum atomic E-state index is -0.985. The van der Waals surface area contributed by atoms with Crippen LogP contribution in [-0.2, 0) is 4.79 Å². The lowest BCUT2D eigenvalue weighted by Crippen LogP contribution is -2.44. The summed E-state index contributed by atoms with van der Waals surface area (Å²) in [6.45, 7) is 7.38. The van der Waals surface area contributed by atoms with E-state index in [0.717, 1.165) is 17.6 Å². The van der Waals surface area contributed by atoms with E-state index in [1.165, 1.54) is 0 Å². The van der Waals surface area contributed by atoms with Gasteiger partial charge >= 0.3 is 0 Å². The fourth-order valence-electron chi connectivity index (χ4n) is 2.36. The quantitative estimate of drug-likeness (QED) is 0.758. The summed E-state index contributed by atoms with van der Waals surface area (Å²) < 4.78 is 0. The molecule has 1 rings (SSSR count). The molecule has 0 saturated heterocycles. The van der Waals surface area contributed by atoms with Gasteiger partial charge in [-0.05, 0) is 65.0 Å². The third-order valence-corrected chi connectivity index (χ3v) is 3.67. The van der Waals surface area contributed by atoms with E-state index in [2.05, 4.69) is 0 Å². The summed E-state index contributed by atoms with van der Waals surface area (Å²) in [5.74, 6) is 0.189. The number of allylic oxidation sites excluding steroid dienone is 4. The van der Waals surface area contributed by atoms with E-state index in [-0.39, 0.29) is 11.7 Å². The zero-order valence-corrected chi connectivity index (χ0v) is 11.7. The first-order chi connectivity index (χ1) is 8.22. The molecule has 1 aliphatic rings. The average molecular weight is 252 g/mol. The van der Waals surface area contributed by atoms with E-state index in [0.29, 0.717) is 12.8 Å². The highest BCUT2D eigenvalue weighted by molar-refractivity contribution is 6.00. The molecule has 0 aliphatic heterocycles. The summed E-state index contributed by atoms with van der Waals surface area (Å²) in [4.78, 5) is 11.7. The van der Waals surface area contributed by atoms with Gasteiger partial charge < -0.3 is 10.2 Å². The predicted octanol–water partition coefficient (Wildman–Crippen LogP) is 2.38. The number of ketones is 1. The summed E-state index contributed by atoms with van der Waals surface area (Å²) in [6.07, 6.45) is 4.45. The number of hydrogen-bond donors (Lipinski definition) is 2. The Hall–Kier alpha value is -0.930. The standard InChI is InChI=1S/C15H24O3/c1-10(2)7-13(16)8-11(3)12-5-6-15(4,18)14(17)9-12/h7-8,12,14,17-18H,5-6,9H2,1-4H3/t12-,14+,15+/m1/s1. The Morgan fingerprint density at radius 1 is 1.28 bits per heavy atom. The third-order valence-electron chi connectivity index (χ3n) is 3.67. The van der Waals surface area contributed by atoms with Crippen LogP contribution in [0.1, 0.15) is 47.0 Å². The van der Waals surface area contributed by atoms with E-state index in [1.54, 1.807) is 19.1 Å². The second kappa shape index (κ2) is 5.81. The highest BCUT2D eigenvalue weighted by Crippen LogP contribution is 2.35. The van der Waals surface area contributed by atoms with Gasteiger partial charge in [-0.25, -0.2) is 0 Å². The molecule has 0 aromatic carbocycles. The molecule has 0 unspecified atom stereocenters. The number of carbonyl (C=O) groups excluding carboxylic acids is 1. The molecule has 1 fully saturated rings. The first-order valence-corrected chi connectivity index (χ1v) is 6.50. The molecule has 3 nitrogen and oxygen atoms in total. The Labute approximate surface area is 109 Å². The smallest absolute Gasteiger partial charge is 0.178 e. The summed E-state index contributed by atoms with van der Waals surface area (Å²) in [6, 6.07) is 0. The summed E-state index contributed by atoms with van der Waals surface area (Å²) >= 11 is 0. The van der Waals surface area contributed by atoms with Gasteiger partial charge in [0.15, 0.2) is 5.78 Å². The van der Waals surface area contributed by atoms with Crippen LogP contribution in [0.15, 0.2) is 23.3 Å². The zero-order valence-electron chi connectivity index (χ0n) is 11.7. The molecule has 0 spiro atoms. The molecule has 3 atom stereocenters. The van der Waals surface area contributed by atoms with Crippen LogP contribution in [0.25, 0.3) is 0 Å². The molecule has 1 aliphatic carbocycles. The van der Waals surface area contributed by atoms with Crippen molar-refractivity contribution in [3.63, 3.8) is 0 Å². The van der Waals surface area contributed by atoms with E-state index in [4.69, 9.17) is 0 Å². The van der Waals surface area contributed by atoms with Crippen LogP contribution in [0, 0.1) is 5.92 Å². The van der Waals surface area contributed by atoms with Crippen molar-refractivity contribution in [3.05, 3.63) is 23.3 Å². The summed E-state index contributed by atoms with van der Waals surface area (Å²) in [5.41, 5.74) is 0.989. The van der Waals surface area contributed by atoms with Crippen LogP contribution < -0.4 is 0 Å². The summed E-state index contributed by atoms with van der Waals surface area (Å²) in [5, 5.41) is 19.8. The van der Waals surface area contributed by atoms with E-state index < -0.39 is 11.7 Å². The molecule has 0 amide bonds. The molecular formula is C15H24O3. The first-order valence-electron chi connectivity index (χ1n) is 6.50. The van der Waals surface area contributed by atoms with Crippen molar-refractivity contribution in [1.82, 2.24) is 0 Å². The SMILES string of the molecule is CC(C)=CC(=O)C=C(C)[C@@H]1CC[C@](C)(O)[C@@H](O)C1. The van der Waals surface area contributed by atoms with Gasteiger partial charge in [-0.15, -0.1) is 0 Å². The molecule has 2 N–H and O–H groups in total. The monoisotopic (exact) mass is 252 g/mol. The molecule has 0 aromatic rings. The lowest BCUT2D eigenvalue weighted by atomic mass is 9.75.